The molecule has 3 aromatic rings. The Labute approximate surface area is 224 Å². The lowest BCUT2D eigenvalue weighted by atomic mass is 10.0. The molecule has 0 saturated carbocycles. The van der Waals surface area contributed by atoms with E-state index in [2.05, 4.69) is 27.4 Å². The van der Waals surface area contributed by atoms with Crippen molar-refractivity contribution >= 4 is 29.1 Å². The van der Waals surface area contributed by atoms with Gasteiger partial charge in [0.2, 0.25) is 5.95 Å². The predicted octanol–water partition coefficient (Wildman–Crippen LogP) is 4.24. The van der Waals surface area contributed by atoms with E-state index in [4.69, 9.17) is 26.2 Å². The number of nitrogen functional groups attached to an aromatic ring is 1. The Balaban J connectivity index is 0.00000195. The van der Waals surface area contributed by atoms with Crippen molar-refractivity contribution in [2.45, 2.75) is 40.2 Å². The van der Waals surface area contributed by atoms with E-state index in [1.165, 1.54) is 12.1 Å². The third-order valence-corrected chi connectivity index (χ3v) is 6.00. The molecule has 0 aliphatic carbocycles. The number of aliphatic imine (C=N–C) groups is 1. The largest absolute Gasteiger partial charge is 0.496 e. The highest BCUT2D eigenvalue weighted by molar-refractivity contribution is 6.01. The number of methoxy groups -OCH3 is 1. The van der Waals surface area contributed by atoms with Crippen molar-refractivity contribution in [1.29, 1.82) is 0 Å². The van der Waals surface area contributed by atoms with Crippen LogP contribution in [0.15, 0.2) is 47.5 Å². The van der Waals surface area contributed by atoms with Crippen LogP contribution in [0.25, 0.3) is 0 Å². The summed E-state index contributed by atoms with van der Waals surface area (Å²) in [6.07, 6.45) is 1.85. The minimum atomic E-state index is -0.279. The Bertz CT molecular complexity index is 1210. The molecule has 0 bridgehead atoms. The van der Waals surface area contributed by atoms with E-state index < -0.39 is 0 Å². The van der Waals surface area contributed by atoms with Gasteiger partial charge >= 0.3 is 0 Å². The lowest BCUT2D eigenvalue weighted by molar-refractivity contribution is 0.409. The Kier molecular flexibility index (Phi) is 10.7. The van der Waals surface area contributed by atoms with Crippen LogP contribution in [-0.2, 0) is 13.0 Å². The van der Waals surface area contributed by atoms with Crippen LogP contribution in [0.3, 0.4) is 0 Å². The van der Waals surface area contributed by atoms with Crippen LogP contribution in [0.5, 0.6) is 5.75 Å². The smallest absolute Gasteiger partial charge is 0.227 e. The Morgan fingerprint density at radius 3 is 2.50 bits per heavy atom. The SMILES string of the molecule is CC.CCCc1cc(C(N)=Nc2c(N)nc(NCc3ccc(F)cc3)nc2N2CCNCC2)ccc1OC. The molecule has 204 valence electrons. The number of anilines is 3. The van der Waals surface area contributed by atoms with Crippen LogP contribution >= 0.6 is 0 Å². The number of nitrogens with one attached hydrogen (secondary N) is 2. The van der Waals surface area contributed by atoms with Crippen LogP contribution in [0.1, 0.15) is 43.9 Å². The molecule has 1 aliphatic heterocycles. The summed E-state index contributed by atoms with van der Waals surface area (Å²) in [4.78, 5) is 16.0. The normalized spacial score (nSPS) is 13.5. The second kappa shape index (κ2) is 14.1. The Morgan fingerprint density at radius 2 is 1.84 bits per heavy atom. The molecule has 1 aromatic heterocycles. The summed E-state index contributed by atoms with van der Waals surface area (Å²) in [6, 6.07) is 12.1. The summed E-state index contributed by atoms with van der Waals surface area (Å²) >= 11 is 0. The fraction of sp³-hybridized carbons (Fsp3) is 0.393. The van der Waals surface area contributed by atoms with Gasteiger partial charge in [0.05, 0.1) is 7.11 Å². The second-order valence-electron chi connectivity index (χ2n) is 8.60. The number of halogens is 1. The molecule has 9 nitrogen and oxygen atoms in total. The zero-order chi connectivity index (χ0) is 27.5. The first-order valence-electron chi connectivity index (χ1n) is 13.1. The number of nitrogens with zero attached hydrogens (tertiary/aromatic N) is 4. The molecule has 6 N–H and O–H groups in total. The molecular weight excluding hydrogens is 483 g/mol. The topological polar surface area (TPSA) is 127 Å². The average Bonchev–Trinajstić information content (AvgIpc) is 2.95. The van der Waals surface area contributed by atoms with Crippen molar-refractivity contribution in [3.63, 3.8) is 0 Å². The maximum Gasteiger partial charge on any atom is 0.227 e. The van der Waals surface area contributed by atoms with Gasteiger partial charge in [-0.05, 0) is 47.9 Å². The zero-order valence-electron chi connectivity index (χ0n) is 22.7. The molecular formula is C28H39FN8O. The predicted molar refractivity (Wildman–Crippen MR) is 154 cm³/mol. The number of hydrogen-bond acceptors (Lipinski definition) is 8. The number of benzene rings is 2. The standard InChI is InChI=1S/C26H33FN8O.C2H6/c1-3-4-18-15-19(7-10-21(18)36-2)23(28)32-22-24(29)33-26(31-16-17-5-8-20(27)9-6-17)34-25(22)35-13-11-30-12-14-35;1-2/h5-10,15,30H,3-4,11-14,16H2,1-2H3,(H2,28,32)(H3,29,31,33,34);1-2H3. The molecule has 38 heavy (non-hydrogen) atoms. The van der Waals surface area contributed by atoms with E-state index in [0.29, 0.717) is 29.8 Å². The monoisotopic (exact) mass is 522 g/mol. The van der Waals surface area contributed by atoms with Gasteiger partial charge in [-0.25, -0.2) is 9.38 Å². The van der Waals surface area contributed by atoms with Crippen LogP contribution in [0.4, 0.5) is 27.7 Å². The van der Waals surface area contributed by atoms with E-state index in [0.717, 1.165) is 61.5 Å². The van der Waals surface area contributed by atoms with Crippen molar-refractivity contribution < 1.29 is 9.13 Å². The van der Waals surface area contributed by atoms with E-state index in [1.54, 1.807) is 19.2 Å². The van der Waals surface area contributed by atoms with E-state index in [1.807, 2.05) is 32.0 Å². The molecule has 2 heterocycles. The van der Waals surface area contributed by atoms with Gasteiger partial charge < -0.3 is 31.7 Å². The molecule has 0 spiro atoms. The maximum absolute atomic E-state index is 13.2. The molecule has 0 radical (unpaired) electrons. The summed E-state index contributed by atoms with van der Waals surface area (Å²) in [5, 5.41) is 6.53. The van der Waals surface area contributed by atoms with Crippen LogP contribution in [0.2, 0.25) is 0 Å². The van der Waals surface area contributed by atoms with Gasteiger partial charge in [-0.2, -0.15) is 9.97 Å². The summed E-state index contributed by atoms with van der Waals surface area (Å²) in [6.45, 7) is 9.68. The van der Waals surface area contributed by atoms with Crippen LogP contribution in [-0.4, -0.2) is 49.1 Å². The van der Waals surface area contributed by atoms with E-state index in [9.17, 15) is 4.39 Å². The first-order chi connectivity index (χ1) is 18.5. The zero-order valence-corrected chi connectivity index (χ0v) is 22.7. The first kappa shape index (κ1) is 28.6. The van der Waals surface area contributed by atoms with Crippen molar-refractivity contribution in [2.75, 3.05) is 49.2 Å². The minimum Gasteiger partial charge on any atom is -0.496 e. The summed E-state index contributed by atoms with van der Waals surface area (Å²) in [7, 11) is 1.66. The maximum atomic E-state index is 13.2. The highest BCUT2D eigenvalue weighted by Gasteiger charge is 2.21. The third kappa shape index (κ3) is 7.32. The average molecular weight is 523 g/mol. The number of hydrogen-bond donors (Lipinski definition) is 4. The summed E-state index contributed by atoms with van der Waals surface area (Å²) < 4.78 is 18.7. The molecule has 1 aliphatic rings. The fourth-order valence-corrected chi connectivity index (χ4v) is 4.11. The number of ether oxygens (including phenoxy) is 1. The van der Waals surface area contributed by atoms with Gasteiger partial charge in [-0.1, -0.05) is 39.3 Å². The number of aryl methyl sites for hydroxylation is 1. The van der Waals surface area contributed by atoms with Crippen molar-refractivity contribution in [1.82, 2.24) is 15.3 Å². The minimum absolute atomic E-state index is 0.227. The van der Waals surface area contributed by atoms with Crippen molar-refractivity contribution in [2.24, 2.45) is 10.7 Å². The fourth-order valence-electron chi connectivity index (χ4n) is 4.11. The van der Waals surface area contributed by atoms with Crippen molar-refractivity contribution in [3.05, 3.63) is 65.0 Å². The molecule has 0 atom stereocenters. The number of nitrogens with two attached hydrogens (primary N) is 2. The van der Waals surface area contributed by atoms with Gasteiger partial charge in [0.25, 0.3) is 0 Å². The number of aromatic nitrogens is 2. The second-order valence-corrected chi connectivity index (χ2v) is 8.60. The molecule has 0 unspecified atom stereocenters. The molecule has 0 amide bonds. The highest BCUT2D eigenvalue weighted by Crippen LogP contribution is 2.34. The Hall–Kier alpha value is -3.92. The number of piperazine rings is 1. The van der Waals surface area contributed by atoms with Crippen molar-refractivity contribution in [3.8, 4) is 5.75 Å². The lowest BCUT2D eigenvalue weighted by Gasteiger charge is -2.29. The molecule has 10 heteroatoms. The van der Waals surface area contributed by atoms with Gasteiger partial charge in [0, 0.05) is 38.3 Å². The van der Waals surface area contributed by atoms with Crippen LogP contribution < -0.4 is 31.7 Å². The van der Waals surface area contributed by atoms with E-state index in [-0.39, 0.29) is 11.6 Å². The summed E-state index contributed by atoms with van der Waals surface area (Å²) in [5.41, 5.74) is 16.0. The number of amidine groups is 1. The molecule has 1 saturated heterocycles. The van der Waals surface area contributed by atoms with Gasteiger partial charge in [0.15, 0.2) is 17.3 Å². The first-order valence-corrected chi connectivity index (χ1v) is 13.1. The van der Waals surface area contributed by atoms with Gasteiger partial charge in [-0.15, -0.1) is 0 Å². The van der Waals surface area contributed by atoms with Crippen LogP contribution in [0, 0.1) is 5.82 Å². The number of rotatable bonds is 9. The molecule has 2 aromatic carbocycles. The quantitative estimate of drug-likeness (QED) is 0.243. The van der Waals surface area contributed by atoms with E-state index >= 15 is 0 Å². The lowest BCUT2D eigenvalue weighted by Crippen LogP contribution is -2.44. The van der Waals surface area contributed by atoms with Gasteiger partial charge in [-0.3, -0.25) is 0 Å². The third-order valence-electron chi connectivity index (χ3n) is 6.00. The molecule has 4 rings (SSSR count). The summed E-state index contributed by atoms with van der Waals surface area (Å²) in [5.74, 6) is 2.10. The molecule has 1 fully saturated rings. The van der Waals surface area contributed by atoms with Gasteiger partial charge in [0.1, 0.15) is 17.4 Å². The Morgan fingerprint density at radius 1 is 1.13 bits per heavy atom. The highest BCUT2D eigenvalue weighted by atomic mass is 19.1.